The number of carboxylic acids is 1. The SMILES string of the molecule is CNC(=O)CO[C@H]1[C@@H]([C@H](NC(C)=O)[C@@H](O)CCO)CC[C@@H]1C(=O)O. The maximum Gasteiger partial charge on any atom is 0.309 e. The number of ether oxygens (including phenoxy) is 1. The number of carbonyl (C=O) groups excluding carboxylic acids is 2. The molecule has 0 bridgehead atoms. The Labute approximate surface area is 140 Å². The number of aliphatic carboxylic acids is 1. The Morgan fingerprint density at radius 3 is 2.46 bits per heavy atom. The quantitative estimate of drug-likeness (QED) is 0.341. The number of carbonyl (C=O) groups is 3. The van der Waals surface area contributed by atoms with Crippen molar-refractivity contribution in [3.63, 3.8) is 0 Å². The van der Waals surface area contributed by atoms with Crippen LogP contribution in [0.2, 0.25) is 0 Å². The van der Waals surface area contributed by atoms with Crippen molar-refractivity contribution in [2.24, 2.45) is 11.8 Å². The van der Waals surface area contributed by atoms with E-state index in [-0.39, 0.29) is 25.5 Å². The second-order valence-electron chi connectivity index (χ2n) is 5.94. The van der Waals surface area contributed by atoms with Gasteiger partial charge in [-0.3, -0.25) is 14.4 Å². The van der Waals surface area contributed by atoms with Crippen LogP contribution in [-0.2, 0) is 19.1 Å². The number of rotatable bonds is 9. The largest absolute Gasteiger partial charge is 0.481 e. The summed E-state index contributed by atoms with van der Waals surface area (Å²) in [5.74, 6) is -3.10. The molecule has 9 nitrogen and oxygen atoms in total. The number of hydrogen-bond donors (Lipinski definition) is 5. The van der Waals surface area contributed by atoms with Crippen molar-refractivity contribution in [3.05, 3.63) is 0 Å². The molecule has 0 heterocycles. The van der Waals surface area contributed by atoms with Crippen molar-refractivity contribution in [1.82, 2.24) is 10.6 Å². The molecule has 0 saturated heterocycles. The van der Waals surface area contributed by atoms with Crippen LogP contribution in [0.15, 0.2) is 0 Å². The lowest BCUT2D eigenvalue weighted by Crippen LogP contribution is -2.51. The molecular formula is C15H26N2O7. The van der Waals surface area contributed by atoms with Crippen LogP contribution < -0.4 is 10.6 Å². The summed E-state index contributed by atoms with van der Waals surface area (Å²) < 4.78 is 5.52. The number of hydrogen-bond acceptors (Lipinski definition) is 6. The molecular weight excluding hydrogens is 320 g/mol. The molecule has 0 aromatic rings. The summed E-state index contributed by atoms with van der Waals surface area (Å²) in [6, 6.07) is -0.756. The van der Waals surface area contributed by atoms with Crippen molar-refractivity contribution in [1.29, 1.82) is 0 Å². The Hall–Kier alpha value is -1.71. The van der Waals surface area contributed by atoms with E-state index in [1.807, 2.05) is 0 Å². The monoisotopic (exact) mass is 346 g/mol. The maximum absolute atomic E-state index is 11.4. The first kappa shape index (κ1) is 20.3. The van der Waals surface area contributed by atoms with Crippen LogP contribution in [0, 0.1) is 11.8 Å². The zero-order chi connectivity index (χ0) is 18.3. The standard InChI is InChI=1S/C15H26N2O7/c1-8(19)17-13(11(20)5-6-18)9-3-4-10(15(22)23)14(9)24-7-12(21)16-2/h9-11,13-14,18,20H,3-7H2,1-2H3,(H,16,21)(H,17,19)(H,22,23)/t9-,10+,11+,13+,14+/m1/s1. The minimum absolute atomic E-state index is 0.0430. The molecule has 9 heteroatoms. The summed E-state index contributed by atoms with van der Waals surface area (Å²) in [5.41, 5.74) is 0. The van der Waals surface area contributed by atoms with E-state index in [0.29, 0.717) is 12.8 Å². The van der Waals surface area contributed by atoms with E-state index in [0.717, 1.165) is 0 Å². The van der Waals surface area contributed by atoms with Gasteiger partial charge in [0.25, 0.3) is 0 Å². The smallest absolute Gasteiger partial charge is 0.309 e. The molecule has 0 aromatic heterocycles. The van der Waals surface area contributed by atoms with E-state index in [1.54, 1.807) is 0 Å². The van der Waals surface area contributed by atoms with E-state index < -0.39 is 42.0 Å². The van der Waals surface area contributed by atoms with Crippen molar-refractivity contribution in [2.45, 2.75) is 44.4 Å². The molecule has 5 N–H and O–H groups in total. The highest BCUT2D eigenvalue weighted by atomic mass is 16.5. The zero-order valence-corrected chi connectivity index (χ0v) is 13.9. The summed E-state index contributed by atoms with van der Waals surface area (Å²) in [6.45, 7) is 0.725. The van der Waals surface area contributed by atoms with E-state index in [1.165, 1.54) is 14.0 Å². The van der Waals surface area contributed by atoms with Gasteiger partial charge in [0, 0.05) is 26.5 Å². The van der Waals surface area contributed by atoms with Crippen molar-refractivity contribution < 1.29 is 34.4 Å². The Morgan fingerprint density at radius 1 is 1.29 bits per heavy atom. The molecule has 1 aliphatic carbocycles. The fraction of sp³-hybridized carbons (Fsp3) is 0.800. The van der Waals surface area contributed by atoms with Crippen LogP contribution in [0.3, 0.4) is 0 Å². The molecule has 0 radical (unpaired) electrons. The Balaban J connectivity index is 2.97. The summed E-state index contributed by atoms with van der Waals surface area (Å²) in [4.78, 5) is 34.3. The Morgan fingerprint density at radius 2 is 1.96 bits per heavy atom. The normalized spacial score (nSPS) is 25.8. The Kier molecular flexibility index (Phi) is 8.09. The first-order chi connectivity index (χ1) is 11.3. The Bertz CT molecular complexity index is 457. The average molecular weight is 346 g/mol. The predicted molar refractivity (Wildman–Crippen MR) is 83.0 cm³/mol. The first-order valence-corrected chi connectivity index (χ1v) is 7.92. The van der Waals surface area contributed by atoms with Crippen LogP contribution in [0.5, 0.6) is 0 Å². The van der Waals surface area contributed by atoms with Crippen LogP contribution >= 0.6 is 0 Å². The number of amides is 2. The van der Waals surface area contributed by atoms with Gasteiger partial charge in [-0.05, 0) is 19.3 Å². The molecule has 1 saturated carbocycles. The van der Waals surface area contributed by atoms with E-state index >= 15 is 0 Å². The number of carboxylic acid groups (broad SMARTS) is 1. The molecule has 5 atom stereocenters. The summed E-state index contributed by atoms with van der Waals surface area (Å²) in [6.07, 6.45) is -1.07. The molecule has 1 aliphatic rings. The maximum atomic E-state index is 11.4. The molecule has 2 amide bonds. The second-order valence-corrected chi connectivity index (χ2v) is 5.94. The van der Waals surface area contributed by atoms with Gasteiger partial charge in [-0.2, -0.15) is 0 Å². The van der Waals surface area contributed by atoms with Gasteiger partial charge in [0.05, 0.1) is 24.2 Å². The van der Waals surface area contributed by atoms with Gasteiger partial charge in [0.1, 0.15) is 6.61 Å². The highest BCUT2D eigenvalue weighted by Gasteiger charge is 2.46. The van der Waals surface area contributed by atoms with E-state index in [2.05, 4.69) is 10.6 Å². The highest BCUT2D eigenvalue weighted by molar-refractivity contribution is 5.77. The third-order valence-electron chi connectivity index (χ3n) is 4.30. The topological polar surface area (TPSA) is 145 Å². The minimum Gasteiger partial charge on any atom is -0.481 e. The highest BCUT2D eigenvalue weighted by Crippen LogP contribution is 2.37. The number of nitrogens with one attached hydrogen (secondary N) is 2. The third-order valence-corrected chi connectivity index (χ3v) is 4.30. The predicted octanol–water partition coefficient (Wildman–Crippen LogP) is -1.52. The first-order valence-electron chi connectivity index (χ1n) is 7.92. The van der Waals surface area contributed by atoms with E-state index in [9.17, 15) is 24.6 Å². The van der Waals surface area contributed by atoms with Crippen molar-refractivity contribution in [3.8, 4) is 0 Å². The van der Waals surface area contributed by atoms with Gasteiger partial charge < -0.3 is 30.7 Å². The fourth-order valence-corrected chi connectivity index (χ4v) is 3.17. The van der Waals surface area contributed by atoms with Gasteiger partial charge in [-0.1, -0.05) is 0 Å². The molecule has 0 unspecified atom stereocenters. The van der Waals surface area contributed by atoms with Gasteiger partial charge >= 0.3 is 5.97 Å². The molecule has 1 fully saturated rings. The van der Waals surface area contributed by atoms with E-state index in [4.69, 9.17) is 9.84 Å². The lowest BCUT2D eigenvalue weighted by molar-refractivity contribution is -0.150. The molecule has 0 spiro atoms. The summed E-state index contributed by atoms with van der Waals surface area (Å²) in [5, 5.41) is 33.6. The van der Waals surface area contributed by atoms with Crippen LogP contribution in [0.25, 0.3) is 0 Å². The van der Waals surface area contributed by atoms with Crippen LogP contribution in [0.4, 0.5) is 0 Å². The molecule has 0 aromatic carbocycles. The van der Waals surface area contributed by atoms with Crippen LogP contribution in [-0.4, -0.2) is 71.6 Å². The zero-order valence-electron chi connectivity index (χ0n) is 13.9. The van der Waals surface area contributed by atoms with Crippen molar-refractivity contribution >= 4 is 17.8 Å². The molecule has 0 aliphatic heterocycles. The van der Waals surface area contributed by atoms with Gasteiger partial charge in [0.15, 0.2) is 0 Å². The number of likely N-dealkylation sites (N-methyl/N-ethyl adjacent to an activating group) is 1. The van der Waals surface area contributed by atoms with Gasteiger partial charge in [0.2, 0.25) is 11.8 Å². The van der Waals surface area contributed by atoms with Gasteiger partial charge in [-0.15, -0.1) is 0 Å². The van der Waals surface area contributed by atoms with Crippen LogP contribution in [0.1, 0.15) is 26.2 Å². The van der Waals surface area contributed by atoms with Crippen molar-refractivity contribution in [2.75, 3.05) is 20.3 Å². The third kappa shape index (κ3) is 5.43. The number of aliphatic hydroxyl groups is 2. The summed E-state index contributed by atoms with van der Waals surface area (Å²) >= 11 is 0. The fourth-order valence-electron chi connectivity index (χ4n) is 3.17. The molecule has 24 heavy (non-hydrogen) atoms. The minimum atomic E-state index is -1.04. The average Bonchev–Trinajstić information content (AvgIpc) is 2.93. The molecule has 1 rings (SSSR count). The summed E-state index contributed by atoms with van der Waals surface area (Å²) in [7, 11) is 1.44. The number of aliphatic hydroxyl groups excluding tert-OH is 2. The van der Waals surface area contributed by atoms with Gasteiger partial charge in [-0.25, -0.2) is 0 Å². The molecule has 138 valence electrons. The lowest BCUT2D eigenvalue weighted by Gasteiger charge is -2.33. The lowest BCUT2D eigenvalue weighted by atomic mass is 9.88. The second kappa shape index (κ2) is 9.55.